The van der Waals surface area contributed by atoms with E-state index < -0.39 is 7.12 Å². The molecular weight excluding hydrogens is 271 g/mol. The normalized spacial score (nSPS) is 10.1. The predicted molar refractivity (Wildman–Crippen MR) is 80.1 cm³/mol. The molecule has 2 aromatic rings. The molecule has 2 aromatic carbocycles. The Morgan fingerprint density at radius 1 is 0.857 bits per heavy atom. The van der Waals surface area contributed by atoms with Crippen molar-refractivity contribution in [2.75, 3.05) is 14.2 Å². The maximum atomic E-state index is 9.03. The Labute approximate surface area is 123 Å². The van der Waals surface area contributed by atoms with E-state index in [-0.39, 0.29) is 0 Å². The van der Waals surface area contributed by atoms with Gasteiger partial charge in [0, 0.05) is 18.2 Å². The molecule has 0 atom stereocenters. The highest BCUT2D eigenvalue weighted by Crippen LogP contribution is 2.27. The van der Waals surface area contributed by atoms with Crippen molar-refractivity contribution in [2.24, 2.45) is 0 Å². The molecule has 0 aliphatic heterocycles. The number of rotatable bonds is 6. The maximum absolute atomic E-state index is 9.03. The Hall–Kier alpha value is -2.18. The van der Waals surface area contributed by atoms with Gasteiger partial charge in [-0.3, -0.25) is 0 Å². The summed E-state index contributed by atoms with van der Waals surface area (Å²) in [5.74, 6) is 1.95. The highest BCUT2D eigenvalue weighted by Gasteiger charge is 2.10. The number of benzene rings is 2. The molecule has 0 aromatic heterocycles. The predicted octanol–water partition coefficient (Wildman–Crippen LogP) is 0.963. The van der Waals surface area contributed by atoms with Crippen LogP contribution in [0.3, 0.4) is 0 Å². The van der Waals surface area contributed by atoms with Crippen LogP contribution in [-0.4, -0.2) is 31.4 Å². The molecule has 0 spiro atoms. The molecule has 2 rings (SSSR count). The average molecular weight is 288 g/mol. The van der Waals surface area contributed by atoms with E-state index in [1.165, 1.54) is 0 Å². The molecule has 0 heterocycles. The quantitative estimate of drug-likeness (QED) is 0.775. The van der Waals surface area contributed by atoms with Crippen molar-refractivity contribution in [3.63, 3.8) is 0 Å². The molecular formula is C15H17BO5. The molecule has 6 heteroatoms. The third-order valence-corrected chi connectivity index (χ3v) is 3.01. The van der Waals surface area contributed by atoms with E-state index in [0.717, 1.165) is 5.56 Å². The molecule has 0 amide bonds. The lowest BCUT2D eigenvalue weighted by molar-refractivity contribution is 0.300. The van der Waals surface area contributed by atoms with E-state index in [1.807, 2.05) is 0 Å². The third-order valence-electron chi connectivity index (χ3n) is 3.01. The molecule has 2 N–H and O–H groups in total. The lowest BCUT2D eigenvalue weighted by Gasteiger charge is -2.10. The molecule has 0 aliphatic carbocycles. The molecule has 0 saturated carbocycles. The van der Waals surface area contributed by atoms with Crippen LogP contribution in [0.15, 0.2) is 42.5 Å². The zero-order valence-corrected chi connectivity index (χ0v) is 11.9. The van der Waals surface area contributed by atoms with Crippen molar-refractivity contribution in [1.82, 2.24) is 0 Å². The third kappa shape index (κ3) is 4.14. The molecule has 0 radical (unpaired) electrons. The Bertz CT molecular complexity index is 561. The van der Waals surface area contributed by atoms with E-state index in [4.69, 9.17) is 24.3 Å². The van der Waals surface area contributed by atoms with Crippen LogP contribution in [0.1, 0.15) is 5.56 Å². The van der Waals surface area contributed by atoms with E-state index in [9.17, 15) is 0 Å². The number of hydrogen-bond donors (Lipinski definition) is 2. The summed E-state index contributed by atoms with van der Waals surface area (Å²) in [6, 6.07) is 12.2. The van der Waals surface area contributed by atoms with Gasteiger partial charge in [0.2, 0.25) is 0 Å². The largest absolute Gasteiger partial charge is 0.496 e. The van der Waals surface area contributed by atoms with Crippen molar-refractivity contribution >= 4 is 12.6 Å². The first-order valence-electron chi connectivity index (χ1n) is 6.43. The van der Waals surface area contributed by atoms with Crippen LogP contribution in [0.5, 0.6) is 17.2 Å². The Morgan fingerprint density at radius 2 is 1.38 bits per heavy atom. The van der Waals surface area contributed by atoms with Gasteiger partial charge in [0.05, 0.1) is 14.2 Å². The summed E-state index contributed by atoms with van der Waals surface area (Å²) < 4.78 is 16.0. The van der Waals surface area contributed by atoms with Gasteiger partial charge in [0.1, 0.15) is 23.9 Å². The summed E-state index contributed by atoms with van der Waals surface area (Å²) in [7, 11) is 1.71. The van der Waals surface area contributed by atoms with Gasteiger partial charge in [-0.15, -0.1) is 0 Å². The smallest absolute Gasteiger partial charge is 0.488 e. The lowest BCUT2D eigenvalue weighted by Crippen LogP contribution is -2.29. The van der Waals surface area contributed by atoms with E-state index in [1.54, 1.807) is 56.7 Å². The molecule has 110 valence electrons. The molecule has 21 heavy (non-hydrogen) atoms. The monoisotopic (exact) mass is 288 g/mol. The minimum atomic E-state index is -1.46. The van der Waals surface area contributed by atoms with Gasteiger partial charge in [-0.2, -0.15) is 0 Å². The summed E-state index contributed by atoms with van der Waals surface area (Å²) >= 11 is 0. The molecule has 5 nitrogen and oxygen atoms in total. The van der Waals surface area contributed by atoms with Crippen molar-refractivity contribution < 1.29 is 24.3 Å². The first-order chi connectivity index (χ1) is 10.1. The van der Waals surface area contributed by atoms with Crippen molar-refractivity contribution in [3.05, 3.63) is 48.0 Å². The highest BCUT2D eigenvalue weighted by molar-refractivity contribution is 6.58. The standard InChI is InChI=1S/C15H17BO5/c1-19-13-7-14(20-2)9-15(8-13)21-10-11-3-5-12(6-4-11)16(17)18/h3-9,17-18H,10H2,1-2H3. The first kappa shape index (κ1) is 15.2. The van der Waals surface area contributed by atoms with E-state index >= 15 is 0 Å². The van der Waals surface area contributed by atoms with Crippen LogP contribution in [0.25, 0.3) is 0 Å². The molecule has 0 unspecified atom stereocenters. The fourth-order valence-corrected chi connectivity index (χ4v) is 1.82. The fourth-order valence-electron chi connectivity index (χ4n) is 1.82. The summed E-state index contributed by atoms with van der Waals surface area (Å²) in [5.41, 5.74) is 1.36. The van der Waals surface area contributed by atoms with E-state index in [2.05, 4.69) is 0 Å². The van der Waals surface area contributed by atoms with Crippen molar-refractivity contribution in [2.45, 2.75) is 6.61 Å². The van der Waals surface area contributed by atoms with Crippen LogP contribution < -0.4 is 19.7 Å². The van der Waals surface area contributed by atoms with Crippen LogP contribution >= 0.6 is 0 Å². The van der Waals surface area contributed by atoms with Gasteiger partial charge in [-0.05, 0) is 11.0 Å². The lowest BCUT2D eigenvalue weighted by atomic mass is 9.80. The minimum Gasteiger partial charge on any atom is -0.496 e. The average Bonchev–Trinajstić information content (AvgIpc) is 2.52. The fraction of sp³-hybridized carbons (Fsp3) is 0.200. The Morgan fingerprint density at radius 3 is 1.86 bits per heavy atom. The second-order valence-corrected chi connectivity index (χ2v) is 4.45. The zero-order valence-electron chi connectivity index (χ0n) is 11.9. The van der Waals surface area contributed by atoms with Crippen molar-refractivity contribution in [1.29, 1.82) is 0 Å². The van der Waals surface area contributed by atoms with Gasteiger partial charge in [-0.1, -0.05) is 24.3 Å². The summed E-state index contributed by atoms with van der Waals surface area (Å²) in [6.45, 7) is 0.359. The van der Waals surface area contributed by atoms with Gasteiger partial charge >= 0.3 is 7.12 Å². The molecule has 0 fully saturated rings. The maximum Gasteiger partial charge on any atom is 0.488 e. The topological polar surface area (TPSA) is 68.2 Å². The van der Waals surface area contributed by atoms with Crippen LogP contribution in [0, 0.1) is 0 Å². The summed E-state index contributed by atoms with van der Waals surface area (Å²) in [5, 5.41) is 18.1. The van der Waals surface area contributed by atoms with Crippen LogP contribution in [-0.2, 0) is 6.61 Å². The van der Waals surface area contributed by atoms with Crippen molar-refractivity contribution in [3.8, 4) is 17.2 Å². The second kappa shape index (κ2) is 7.01. The summed E-state index contributed by atoms with van der Waals surface area (Å²) in [4.78, 5) is 0. The number of methoxy groups -OCH3 is 2. The first-order valence-corrected chi connectivity index (χ1v) is 6.43. The Balaban J connectivity index is 2.05. The summed E-state index contributed by atoms with van der Waals surface area (Å²) in [6.07, 6.45) is 0. The number of ether oxygens (including phenoxy) is 3. The zero-order chi connectivity index (χ0) is 15.2. The van der Waals surface area contributed by atoms with Gasteiger partial charge < -0.3 is 24.3 Å². The van der Waals surface area contributed by atoms with Gasteiger partial charge in [-0.25, -0.2) is 0 Å². The van der Waals surface area contributed by atoms with Crippen LogP contribution in [0.4, 0.5) is 0 Å². The van der Waals surface area contributed by atoms with Gasteiger partial charge in [0.25, 0.3) is 0 Å². The minimum absolute atomic E-state index is 0.359. The van der Waals surface area contributed by atoms with Gasteiger partial charge in [0.15, 0.2) is 0 Å². The molecule has 0 saturated heterocycles. The number of hydrogen-bond acceptors (Lipinski definition) is 5. The van der Waals surface area contributed by atoms with Crippen LogP contribution in [0.2, 0.25) is 0 Å². The highest BCUT2D eigenvalue weighted by atomic mass is 16.5. The molecule has 0 aliphatic rings. The van der Waals surface area contributed by atoms with E-state index in [0.29, 0.717) is 29.3 Å². The SMILES string of the molecule is COc1cc(OC)cc(OCc2ccc(B(O)O)cc2)c1. The Kier molecular flexibility index (Phi) is 5.08. The second-order valence-electron chi connectivity index (χ2n) is 4.45. The molecule has 0 bridgehead atoms.